The Bertz CT molecular complexity index is 743. The Labute approximate surface area is 210 Å². The number of amides is 1. The summed E-state index contributed by atoms with van der Waals surface area (Å²) < 4.78 is 27.0. The number of hydrogen-bond acceptors (Lipinski definition) is 16. The number of aliphatic hydroxyl groups excluding tert-OH is 10. The number of rotatable bonds is 8. The molecule has 17 heteroatoms. The van der Waals surface area contributed by atoms with Gasteiger partial charge in [0.1, 0.15) is 73.2 Å². The first-order valence-corrected chi connectivity index (χ1v) is 11.6. The van der Waals surface area contributed by atoms with Crippen LogP contribution in [0, 0.1) is 0 Å². The van der Waals surface area contributed by atoms with Crippen molar-refractivity contribution in [2.24, 2.45) is 0 Å². The normalized spacial score (nSPS) is 49.0. The Hall–Kier alpha value is -1.13. The highest BCUT2D eigenvalue weighted by atomic mass is 16.7. The lowest BCUT2D eigenvalue weighted by atomic mass is 9.95. The fraction of sp³-hybridized carbons (Fsp3) is 0.950. The van der Waals surface area contributed by atoms with Crippen molar-refractivity contribution >= 4 is 5.91 Å². The van der Waals surface area contributed by atoms with Gasteiger partial charge in [0.2, 0.25) is 5.91 Å². The molecule has 3 aliphatic rings. The maximum Gasteiger partial charge on any atom is 0.218 e. The summed E-state index contributed by atoms with van der Waals surface area (Å²) in [4.78, 5) is 11.3. The Morgan fingerprint density at radius 2 is 1.14 bits per heavy atom. The lowest BCUT2D eigenvalue weighted by molar-refractivity contribution is -0.374. The molecule has 216 valence electrons. The smallest absolute Gasteiger partial charge is 0.218 e. The van der Waals surface area contributed by atoms with Crippen molar-refractivity contribution in [3.63, 3.8) is 0 Å². The molecule has 17 nitrogen and oxygen atoms in total. The van der Waals surface area contributed by atoms with Crippen LogP contribution >= 0.6 is 0 Å². The number of aliphatic hydroxyl groups is 10. The van der Waals surface area contributed by atoms with Gasteiger partial charge in [-0.2, -0.15) is 0 Å². The monoisotopic (exact) mass is 545 g/mol. The molecule has 37 heavy (non-hydrogen) atoms. The molecule has 0 unspecified atom stereocenters. The van der Waals surface area contributed by atoms with Gasteiger partial charge in [0.25, 0.3) is 0 Å². The molecule has 1 amide bonds. The van der Waals surface area contributed by atoms with Crippen LogP contribution in [0.3, 0.4) is 0 Å². The number of hydrogen-bond donors (Lipinski definition) is 11. The van der Waals surface area contributed by atoms with Crippen molar-refractivity contribution in [1.29, 1.82) is 0 Å². The maximum atomic E-state index is 11.3. The first-order valence-electron chi connectivity index (χ1n) is 11.6. The predicted octanol–water partition coefficient (Wildman–Crippen LogP) is -7.43. The molecule has 15 atom stereocenters. The van der Waals surface area contributed by atoms with Crippen LogP contribution in [0.5, 0.6) is 0 Å². The van der Waals surface area contributed by atoms with E-state index < -0.39 is 118 Å². The van der Waals surface area contributed by atoms with Crippen LogP contribution in [0.4, 0.5) is 0 Å². The molecule has 3 saturated heterocycles. The molecule has 3 aliphatic heterocycles. The topological polar surface area (TPSA) is 278 Å². The summed E-state index contributed by atoms with van der Waals surface area (Å²) in [5.41, 5.74) is 0. The predicted molar refractivity (Wildman–Crippen MR) is 113 cm³/mol. The van der Waals surface area contributed by atoms with Crippen LogP contribution in [0.1, 0.15) is 6.92 Å². The minimum atomic E-state index is -1.91. The first-order chi connectivity index (χ1) is 17.4. The van der Waals surface area contributed by atoms with Crippen molar-refractivity contribution < 1.29 is 79.5 Å². The minimum absolute atomic E-state index is 0.591. The summed E-state index contributed by atoms with van der Waals surface area (Å²) in [5.74, 6) is -0.591. The summed E-state index contributed by atoms with van der Waals surface area (Å²) in [5, 5.41) is 103. The van der Waals surface area contributed by atoms with Crippen LogP contribution < -0.4 is 5.32 Å². The summed E-state index contributed by atoms with van der Waals surface area (Å²) in [6, 6.07) is 0. The fourth-order valence-corrected chi connectivity index (χ4v) is 4.39. The second kappa shape index (κ2) is 12.8. The third-order valence-corrected chi connectivity index (χ3v) is 6.46. The molecule has 0 radical (unpaired) electrons. The van der Waals surface area contributed by atoms with E-state index in [1.165, 1.54) is 0 Å². The first kappa shape index (κ1) is 30.4. The molecule has 0 spiro atoms. The fourth-order valence-electron chi connectivity index (χ4n) is 4.39. The van der Waals surface area contributed by atoms with Gasteiger partial charge < -0.3 is 80.1 Å². The average molecular weight is 545 g/mol. The van der Waals surface area contributed by atoms with Gasteiger partial charge in [-0.1, -0.05) is 0 Å². The summed E-state index contributed by atoms with van der Waals surface area (Å²) in [6.07, 6.45) is -24.9. The highest BCUT2D eigenvalue weighted by Crippen LogP contribution is 2.32. The maximum absolute atomic E-state index is 11.3. The molecule has 0 aromatic carbocycles. The van der Waals surface area contributed by atoms with Crippen molar-refractivity contribution in [2.75, 3.05) is 19.8 Å². The molecule has 11 N–H and O–H groups in total. The van der Waals surface area contributed by atoms with Crippen LogP contribution in [0.25, 0.3) is 0 Å². The van der Waals surface area contributed by atoms with Gasteiger partial charge in [-0.15, -0.1) is 0 Å². The minimum Gasteiger partial charge on any atom is -0.394 e. The SMILES string of the molecule is CC(=O)N[C@H]1O[C@H](CO)[C@@H](O[C@@H]2O[C@H](CO)[C@H](O)[C@H](O[C@H]3O[C@H](CO)[C@@H](O)[C@H](O)[C@H]3O)[C@H]2O)[C@H](O)[C@H]1O. The Kier molecular flexibility index (Phi) is 10.5. The molecule has 0 bridgehead atoms. The second-order valence-corrected chi connectivity index (χ2v) is 9.06. The molecule has 3 rings (SSSR count). The molecule has 3 heterocycles. The lowest BCUT2D eigenvalue weighted by Crippen LogP contribution is -2.67. The average Bonchev–Trinajstić information content (AvgIpc) is 2.87. The number of ether oxygens (including phenoxy) is 5. The zero-order valence-electron chi connectivity index (χ0n) is 19.7. The van der Waals surface area contributed by atoms with Crippen molar-refractivity contribution in [3.8, 4) is 0 Å². The Balaban J connectivity index is 1.78. The van der Waals surface area contributed by atoms with E-state index in [-0.39, 0.29) is 0 Å². The van der Waals surface area contributed by atoms with E-state index in [0.717, 1.165) is 6.92 Å². The number of carbonyl (C=O) groups excluding carboxylic acids is 1. The van der Waals surface area contributed by atoms with Crippen molar-refractivity contribution in [3.05, 3.63) is 0 Å². The van der Waals surface area contributed by atoms with Gasteiger partial charge in [0.05, 0.1) is 19.8 Å². The van der Waals surface area contributed by atoms with E-state index in [4.69, 9.17) is 23.7 Å². The van der Waals surface area contributed by atoms with Crippen molar-refractivity contribution in [1.82, 2.24) is 5.32 Å². The van der Waals surface area contributed by atoms with Crippen LogP contribution in [0.15, 0.2) is 0 Å². The van der Waals surface area contributed by atoms with Gasteiger partial charge in [0.15, 0.2) is 18.8 Å². The third kappa shape index (κ3) is 6.38. The van der Waals surface area contributed by atoms with E-state index in [2.05, 4.69) is 5.32 Å². The summed E-state index contributed by atoms with van der Waals surface area (Å²) in [7, 11) is 0. The zero-order chi connectivity index (χ0) is 27.6. The van der Waals surface area contributed by atoms with E-state index in [1.54, 1.807) is 0 Å². The molecule has 0 saturated carbocycles. The van der Waals surface area contributed by atoms with E-state index in [9.17, 15) is 55.9 Å². The third-order valence-electron chi connectivity index (χ3n) is 6.46. The molecule has 3 fully saturated rings. The highest BCUT2D eigenvalue weighted by molar-refractivity contribution is 5.73. The molecule has 0 aliphatic carbocycles. The standard InChI is InChI=1S/C20H35NO16/c1-5(25)21-18-13(30)12(29)16(8(4-24)33-18)36-20-15(32)17(10(27)7(3-23)35-20)37-19-14(31)11(28)9(26)6(2-22)34-19/h6-20,22-24,26-32H,2-4H2,1H3,(H,21,25)/t6-,7-,8-,9-,10+,11+,12-,13-,14-,15-,16-,17+,18+,19-,20+/m1/s1. The van der Waals surface area contributed by atoms with Gasteiger partial charge in [0, 0.05) is 6.92 Å². The Morgan fingerprint density at radius 1 is 0.622 bits per heavy atom. The largest absolute Gasteiger partial charge is 0.394 e. The molecule has 0 aromatic rings. The molecular formula is C20H35NO16. The quantitative estimate of drug-likeness (QED) is 0.135. The summed E-state index contributed by atoms with van der Waals surface area (Å²) in [6.45, 7) is -1.20. The highest BCUT2D eigenvalue weighted by Gasteiger charge is 2.53. The van der Waals surface area contributed by atoms with Gasteiger partial charge >= 0.3 is 0 Å². The number of carbonyl (C=O) groups is 1. The molecule has 0 aromatic heterocycles. The van der Waals surface area contributed by atoms with Gasteiger partial charge in [-0.05, 0) is 0 Å². The molecular weight excluding hydrogens is 510 g/mol. The second-order valence-electron chi connectivity index (χ2n) is 9.06. The van der Waals surface area contributed by atoms with Crippen molar-refractivity contribution in [2.45, 2.75) is 99.0 Å². The summed E-state index contributed by atoms with van der Waals surface area (Å²) >= 11 is 0. The van der Waals surface area contributed by atoms with E-state index in [1.807, 2.05) is 0 Å². The van der Waals surface area contributed by atoms with E-state index >= 15 is 0 Å². The van der Waals surface area contributed by atoms with Gasteiger partial charge in [-0.3, -0.25) is 4.79 Å². The zero-order valence-corrected chi connectivity index (χ0v) is 19.7. The van der Waals surface area contributed by atoms with E-state index in [0.29, 0.717) is 0 Å². The Morgan fingerprint density at radius 3 is 1.68 bits per heavy atom. The van der Waals surface area contributed by atoms with Gasteiger partial charge in [-0.25, -0.2) is 0 Å². The van der Waals surface area contributed by atoms with Crippen LogP contribution in [-0.4, -0.2) is 169 Å². The van der Waals surface area contributed by atoms with Crippen LogP contribution in [0.2, 0.25) is 0 Å². The number of nitrogens with one attached hydrogen (secondary N) is 1. The van der Waals surface area contributed by atoms with Crippen LogP contribution in [-0.2, 0) is 28.5 Å². The lowest BCUT2D eigenvalue weighted by Gasteiger charge is -2.48.